The van der Waals surface area contributed by atoms with Crippen molar-refractivity contribution < 1.29 is 13.5 Å². The predicted molar refractivity (Wildman–Crippen MR) is 65.2 cm³/mol. The topological polar surface area (TPSA) is 66.4 Å². The minimum absolute atomic E-state index is 0.225. The number of hydrogen-bond donors (Lipinski definition) is 2. The Hall–Kier alpha value is -0.130. The number of aliphatic hydroxyl groups is 1. The second-order valence-corrected chi connectivity index (χ2v) is 7.06. The van der Waals surface area contributed by atoms with E-state index in [0.717, 1.165) is 19.3 Å². The fraction of sp³-hybridized carbons (Fsp3) is 1.00. The van der Waals surface area contributed by atoms with Crippen LogP contribution in [0.4, 0.5) is 0 Å². The van der Waals surface area contributed by atoms with Gasteiger partial charge in [-0.15, -0.1) is 0 Å². The molecule has 1 fully saturated rings. The zero-order valence-corrected chi connectivity index (χ0v) is 11.0. The first-order chi connectivity index (χ1) is 7.41. The van der Waals surface area contributed by atoms with Crippen LogP contribution in [-0.2, 0) is 9.84 Å². The van der Waals surface area contributed by atoms with Gasteiger partial charge in [-0.1, -0.05) is 13.8 Å². The molecule has 0 aromatic carbocycles. The van der Waals surface area contributed by atoms with E-state index in [4.69, 9.17) is 0 Å². The van der Waals surface area contributed by atoms with Gasteiger partial charge in [-0.3, -0.25) is 0 Å². The van der Waals surface area contributed by atoms with Gasteiger partial charge in [0.1, 0.15) is 0 Å². The molecule has 1 aliphatic heterocycles. The lowest BCUT2D eigenvalue weighted by atomic mass is 9.97. The van der Waals surface area contributed by atoms with Gasteiger partial charge in [-0.05, 0) is 31.7 Å². The van der Waals surface area contributed by atoms with E-state index in [2.05, 4.69) is 5.32 Å². The van der Waals surface area contributed by atoms with Crippen LogP contribution < -0.4 is 5.32 Å². The maximum absolute atomic E-state index is 11.2. The molecule has 0 aromatic heterocycles. The van der Waals surface area contributed by atoms with Crippen molar-refractivity contribution in [1.82, 2.24) is 5.32 Å². The van der Waals surface area contributed by atoms with Crippen LogP contribution in [0.2, 0.25) is 0 Å². The summed E-state index contributed by atoms with van der Waals surface area (Å²) in [5.41, 5.74) is -0.641. The van der Waals surface area contributed by atoms with Gasteiger partial charge in [-0.25, -0.2) is 8.42 Å². The Balaban J connectivity index is 2.26. The lowest BCUT2D eigenvalue weighted by Crippen LogP contribution is -2.41. The van der Waals surface area contributed by atoms with Gasteiger partial charge in [0.2, 0.25) is 0 Å². The normalized spacial score (nSPS) is 24.8. The summed E-state index contributed by atoms with van der Waals surface area (Å²) in [6.07, 6.45) is 2.20. The quantitative estimate of drug-likeness (QED) is 0.722. The number of sulfone groups is 1. The molecule has 16 heavy (non-hydrogen) atoms. The van der Waals surface area contributed by atoms with Crippen LogP contribution in [0.5, 0.6) is 0 Å². The fourth-order valence-electron chi connectivity index (χ4n) is 2.04. The van der Waals surface area contributed by atoms with Crippen molar-refractivity contribution in [3.05, 3.63) is 0 Å². The van der Waals surface area contributed by atoms with E-state index in [1.807, 2.05) is 13.8 Å². The SMILES string of the molecule is CCC(O)(CC)CNCC1CCS(=O)(=O)C1. The van der Waals surface area contributed by atoms with Gasteiger partial charge < -0.3 is 10.4 Å². The first-order valence-electron chi connectivity index (χ1n) is 6.04. The molecule has 1 saturated heterocycles. The number of hydrogen-bond acceptors (Lipinski definition) is 4. The van der Waals surface area contributed by atoms with Crippen molar-refractivity contribution >= 4 is 9.84 Å². The first-order valence-corrected chi connectivity index (χ1v) is 7.86. The average Bonchev–Trinajstić information content (AvgIpc) is 2.58. The van der Waals surface area contributed by atoms with Crippen molar-refractivity contribution in [2.75, 3.05) is 24.6 Å². The molecule has 1 aliphatic rings. The Morgan fingerprint density at radius 1 is 1.38 bits per heavy atom. The van der Waals surface area contributed by atoms with Crippen LogP contribution in [0.3, 0.4) is 0 Å². The standard InChI is InChI=1S/C11H23NO3S/c1-3-11(13,4-2)9-12-7-10-5-6-16(14,15)8-10/h10,12-13H,3-9H2,1-2H3. The second-order valence-electron chi connectivity index (χ2n) is 4.83. The highest BCUT2D eigenvalue weighted by molar-refractivity contribution is 7.91. The van der Waals surface area contributed by atoms with E-state index in [9.17, 15) is 13.5 Å². The van der Waals surface area contributed by atoms with Gasteiger partial charge in [0.25, 0.3) is 0 Å². The molecule has 0 aliphatic carbocycles. The summed E-state index contributed by atoms with van der Waals surface area (Å²) in [5, 5.41) is 13.2. The number of nitrogens with one attached hydrogen (secondary N) is 1. The summed E-state index contributed by atoms with van der Waals surface area (Å²) in [6, 6.07) is 0. The highest BCUT2D eigenvalue weighted by Crippen LogP contribution is 2.18. The second kappa shape index (κ2) is 5.47. The van der Waals surface area contributed by atoms with Crippen molar-refractivity contribution in [2.24, 2.45) is 5.92 Å². The molecule has 1 atom stereocenters. The summed E-state index contributed by atoms with van der Waals surface area (Å²) in [7, 11) is -2.77. The molecular weight excluding hydrogens is 226 g/mol. The average molecular weight is 249 g/mol. The van der Waals surface area contributed by atoms with Crippen molar-refractivity contribution in [3.63, 3.8) is 0 Å². The van der Waals surface area contributed by atoms with Crippen LogP contribution in [-0.4, -0.2) is 43.7 Å². The van der Waals surface area contributed by atoms with Crippen LogP contribution in [0, 0.1) is 5.92 Å². The molecule has 2 N–H and O–H groups in total. The van der Waals surface area contributed by atoms with Crippen LogP contribution in [0.1, 0.15) is 33.1 Å². The fourth-order valence-corrected chi connectivity index (χ4v) is 3.90. The molecule has 0 spiro atoms. The lowest BCUT2D eigenvalue weighted by Gasteiger charge is -2.26. The largest absolute Gasteiger partial charge is 0.389 e. The maximum atomic E-state index is 11.2. The van der Waals surface area contributed by atoms with E-state index in [-0.39, 0.29) is 5.92 Å². The third-order valence-corrected chi connectivity index (χ3v) is 5.37. The first kappa shape index (κ1) is 13.9. The lowest BCUT2D eigenvalue weighted by molar-refractivity contribution is 0.0320. The van der Waals surface area contributed by atoms with E-state index in [1.54, 1.807) is 0 Å². The zero-order chi connectivity index (χ0) is 12.2. The van der Waals surface area contributed by atoms with E-state index in [0.29, 0.717) is 24.6 Å². The Labute approximate surface area is 98.4 Å². The van der Waals surface area contributed by atoms with Crippen molar-refractivity contribution in [3.8, 4) is 0 Å². The molecule has 0 saturated carbocycles. The van der Waals surface area contributed by atoms with E-state index >= 15 is 0 Å². The molecule has 96 valence electrons. The van der Waals surface area contributed by atoms with Gasteiger partial charge in [0.05, 0.1) is 17.1 Å². The van der Waals surface area contributed by atoms with Crippen LogP contribution in [0.25, 0.3) is 0 Å². The van der Waals surface area contributed by atoms with Crippen molar-refractivity contribution in [2.45, 2.75) is 38.7 Å². The molecule has 0 bridgehead atoms. The molecular formula is C11H23NO3S. The molecule has 0 aromatic rings. The van der Waals surface area contributed by atoms with E-state index in [1.165, 1.54) is 0 Å². The summed E-state index contributed by atoms with van der Waals surface area (Å²) in [4.78, 5) is 0. The minimum atomic E-state index is -2.77. The van der Waals surface area contributed by atoms with Crippen molar-refractivity contribution in [1.29, 1.82) is 0 Å². The highest BCUT2D eigenvalue weighted by Gasteiger charge is 2.28. The molecule has 1 rings (SSSR count). The molecule has 0 radical (unpaired) electrons. The summed E-state index contributed by atoms with van der Waals surface area (Å²) >= 11 is 0. The number of rotatable bonds is 6. The predicted octanol–water partition coefficient (Wildman–Crippen LogP) is 0.562. The Bertz CT molecular complexity index is 309. The van der Waals surface area contributed by atoms with Crippen LogP contribution >= 0.6 is 0 Å². The summed E-state index contributed by atoms with van der Waals surface area (Å²) in [6.45, 7) is 5.18. The monoisotopic (exact) mass is 249 g/mol. The Kier molecular flexibility index (Phi) is 4.76. The molecule has 5 heteroatoms. The molecule has 4 nitrogen and oxygen atoms in total. The summed E-state index contributed by atoms with van der Waals surface area (Å²) < 4.78 is 22.5. The van der Waals surface area contributed by atoms with Gasteiger partial charge >= 0.3 is 0 Å². The third kappa shape index (κ3) is 4.03. The molecule has 1 heterocycles. The Morgan fingerprint density at radius 3 is 2.44 bits per heavy atom. The Morgan fingerprint density at radius 2 is 2.00 bits per heavy atom. The molecule has 0 amide bonds. The maximum Gasteiger partial charge on any atom is 0.150 e. The smallest absolute Gasteiger partial charge is 0.150 e. The zero-order valence-electron chi connectivity index (χ0n) is 10.2. The van der Waals surface area contributed by atoms with Gasteiger partial charge in [0, 0.05) is 6.54 Å². The van der Waals surface area contributed by atoms with Gasteiger partial charge in [-0.2, -0.15) is 0 Å². The van der Waals surface area contributed by atoms with Crippen LogP contribution in [0.15, 0.2) is 0 Å². The highest BCUT2D eigenvalue weighted by atomic mass is 32.2. The van der Waals surface area contributed by atoms with Gasteiger partial charge in [0.15, 0.2) is 9.84 Å². The minimum Gasteiger partial charge on any atom is -0.389 e. The third-order valence-electron chi connectivity index (χ3n) is 3.53. The molecule has 1 unspecified atom stereocenters. The summed E-state index contributed by atoms with van der Waals surface area (Å²) in [5.74, 6) is 0.852. The van der Waals surface area contributed by atoms with E-state index < -0.39 is 15.4 Å².